The minimum Gasteiger partial charge on any atom is -0.475 e. The molecule has 0 fully saturated rings. The number of carbonyl (C=O) groups excluding carboxylic acids is 1. The smallest absolute Gasteiger partial charge is 0.251 e. The number of pyridine rings is 1. The first-order valence-corrected chi connectivity index (χ1v) is 6.05. The highest BCUT2D eigenvalue weighted by atomic mass is 16.5. The summed E-state index contributed by atoms with van der Waals surface area (Å²) in [5, 5.41) is 2.82. The van der Waals surface area contributed by atoms with Crippen LogP contribution in [0.1, 0.15) is 17.3 Å². The molecule has 0 aliphatic heterocycles. The minimum absolute atomic E-state index is 0.0523. The van der Waals surface area contributed by atoms with Crippen LogP contribution in [0.15, 0.2) is 18.3 Å². The molecule has 1 amide bonds. The zero-order chi connectivity index (χ0) is 14.1. The van der Waals surface area contributed by atoms with Gasteiger partial charge < -0.3 is 19.5 Å². The molecular weight excluding hydrogens is 248 g/mol. The highest BCUT2D eigenvalue weighted by Crippen LogP contribution is 2.09. The highest BCUT2D eigenvalue weighted by Gasteiger charge is 2.10. The van der Waals surface area contributed by atoms with Crippen molar-refractivity contribution >= 4 is 5.91 Å². The summed E-state index contributed by atoms with van der Waals surface area (Å²) in [5.41, 5.74) is 0.505. The van der Waals surface area contributed by atoms with E-state index in [9.17, 15) is 4.79 Å². The Morgan fingerprint density at radius 3 is 2.84 bits per heavy atom. The molecule has 0 saturated heterocycles. The van der Waals surface area contributed by atoms with Crippen molar-refractivity contribution in [3.63, 3.8) is 0 Å². The molecule has 6 nitrogen and oxygen atoms in total. The first-order chi connectivity index (χ1) is 9.17. The molecule has 0 aliphatic carbocycles. The lowest BCUT2D eigenvalue weighted by Gasteiger charge is -2.13. The van der Waals surface area contributed by atoms with Gasteiger partial charge in [-0.05, 0) is 13.0 Å². The molecular formula is C13H20N2O4. The molecule has 1 heterocycles. The highest BCUT2D eigenvalue weighted by molar-refractivity contribution is 5.94. The largest absolute Gasteiger partial charge is 0.475 e. The molecule has 0 saturated carbocycles. The second-order valence-corrected chi connectivity index (χ2v) is 4.05. The van der Waals surface area contributed by atoms with Crippen LogP contribution in [0, 0.1) is 0 Å². The molecule has 1 aromatic heterocycles. The van der Waals surface area contributed by atoms with Gasteiger partial charge in [0, 0.05) is 38.1 Å². The number of hydrogen-bond acceptors (Lipinski definition) is 5. The molecule has 19 heavy (non-hydrogen) atoms. The van der Waals surface area contributed by atoms with Gasteiger partial charge in [0.1, 0.15) is 6.61 Å². The van der Waals surface area contributed by atoms with Gasteiger partial charge in [-0.2, -0.15) is 0 Å². The summed E-state index contributed by atoms with van der Waals surface area (Å²) in [6.45, 7) is 3.21. The molecule has 106 valence electrons. The summed E-state index contributed by atoms with van der Waals surface area (Å²) < 4.78 is 15.2. The third-order valence-corrected chi connectivity index (χ3v) is 2.33. The molecule has 0 radical (unpaired) electrons. The van der Waals surface area contributed by atoms with Gasteiger partial charge in [-0.1, -0.05) is 0 Å². The monoisotopic (exact) mass is 268 g/mol. The van der Waals surface area contributed by atoms with E-state index in [-0.39, 0.29) is 11.9 Å². The minimum atomic E-state index is -0.177. The lowest BCUT2D eigenvalue weighted by molar-refractivity contribution is 0.0904. The van der Waals surface area contributed by atoms with Gasteiger partial charge in [-0.15, -0.1) is 0 Å². The fourth-order valence-electron chi connectivity index (χ4n) is 1.46. The van der Waals surface area contributed by atoms with E-state index in [0.29, 0.717) is 31.3 Å². The van der Waals surface area contributed by atoms with Crippen molar-refractivity contribution in [1.82, 2.24) is 10.3 Å². The predicted octanol–water partition coefficient (Wildman–Crippen LogP) is 0.871. The van der Waals surface area contributed by atoms with Crippen molar-refractivity contribution in [1.29, 1.82) is 0 Å². The summed E-state index contributed by atoms with van der Waals surface area (Å²) in [5.74, 6) is 0.229. The fraction of sp³-hybridized carbons (Fsp3) is 0.538. The van der Waals surface area contributed by atoms with Gasteiger partial charge in [0.05, 0.1) is 13.2 Å². The first kappa shape index (κ1) is 15.4. The normalized spacial score (nSPS) is 11.9. The van der Waals surface area contributed by atoms with Crippen LogP contribution in [0.5, 0.6) is 5.88 Å². The van der Waals surface area contributed by atoms with E-state index in [1.54, 1.807) is 26.4 Å². The van der Waals surface area contributed by atoms with E-state index < -0.39 is 0 Å². The lowest BCUT2D eigenvalue weighted by atomic mass is 10.2. The van der Waals surface area contributed by atoms with Crippen molar-refractivity contribution in [2.24, 2.45) is 0 Å². The standard InChI is InChI=1S/C13H20N2O4/c1-10(9-18-3)15-13(16)11-4-5-14-12(8-11)19-7-6-17-2/h4-5,8,10H,6-7,9H2,1-3H3,(H,15,16). The van der Waals surface area contributed by atoms with Crippen LogP contribution in [0.3, 0.4) is 0 Å². The maximum atomic E-state index is 11.9. The van der Waals surface area contributed by atoms with E-state index in [2.05, 4.69) is 10.3 Å². The number of nitrogens with one attached hydrogen (secondary N) is 1. The van der Waals surface area contributed by atoms with E-state index in [4.69, 9.17) is 14.2 Å². The Morgan fingerprint density at radius 1 is 1.37 bits per heavy atom. The summed E-state index contributed by atoms with van der Waals surface area (Å²) in [4.78, 5) is 16.0. The Balaban J connectivity index is 2.57. The van der Waals surface area contributed by atoms with Crippen molar-refractivity contribution in [3.05, 3.63) is 23.9 Å². The van der Waals surface area contributed by atoms with Crippen LogP contribution >= 0.6 is 0 Å². The second-order valence-electron chi connectivity index (χ2n) is 4.05. The zero-order valence-corrected chi connectivity index (χ0v) is 11.5. The number of ether oxygens (including phenoxy) is 3. The molecule has 1 rings (SSSR count). The van der Waals surface area contributed by atoms with Gasteiger partial charge in [-0.25, -0.2) is 4.98 Å². The first-order valence-electron chi connectivity index (χ1n) is 6.05. The van der Waals surface area contributed by atoms with Crippen LogP contribution < -0.4 is 10.1 Å². The van der Waals surface area contributed by atoms with Gasteiger partial charge in [-0.3, -0.25) is 4.79 Å². The lowest BCUT2D eigenvalue weighted by Crippen LogP contribution is -2.35. The van der Waals surface area contributed by atoms with Crippen molar-refractivity contribution in [2.75, 3.05) is 34.0 Å². The molecule has 0 aromatic carbocycles. The van der Waals surface area contributed by atoms with Crippen molar-refractivity contribution in [2.45, 2.75) is 13.0 Å². The molecule has 1 N–H and O–H groups in total. The van der Waals surface area contributed by atoms with Gasteiger partial charge >= 0.3 is 0 Å². The van der Waals surface area contributed by atoms with Crippen molar-refractivity contribution < 1.29 is 19.0 Å². The Morgan fingerprint density at radius 2 is 2.16 bits per heavy atom. The molecule has 1 aromatic rings. The molecule has 0 bridgehead atoms. The maximum Gasteiger partial charge on any atom is 0.251 e. The van der Waals surface area contributed by atoms with Crippen LogP contribution in [0.25, 0.3) is 0 Å². The van der Waals surface area contributed by atoms with E-state index >= 15 is 0 Å². The molecule has 1 atom stereocenters. The summed E-state index contributed by atoms with van der Waals surface area (Å²) in [6, 6.07) is 3.19. The number of amides is 1. The third kappa shape index (κ3) is 5.67. The summed E-state index contributed by atoms with van der Waals surface area (Å²) >= 11 is 0. The van der Waals surface area contributed by atoms with Gasteiger partial charge in [0.25, 0.3) is 5.91 Å². The third-order valence-electron chi connectivity index (χ3n) is 2.33. The Bertz CT molecular complexity index is 398. The number of carbonyl (C=O) groups is 1. The number of methoxy groups -OCH3 is 2. The van der Waals surface area contributed by atoms with Crippen LogP contribution in [0.2, 0.25) is 0 Å². The van der Waals surface area contributed by atoms with Crippen LogP contribution in [-0.4, -0.2) is 51.0 Å². The molecule has 0 spiro atoms. The Kier molecular flexibility index (Phi) is 6.84. The number of rotatable bonds is 8. The molecule has 6 heteroatoms. The average molecular weight is 268 g/mol. The van der Waals surface area contributed by atoms with Gasteiger partial charge in [0.2, 0.25) is 5.88 Å². The number of hydrogen-bond donors (Lipinski definition) is 1. The van der Waals surface area contributed by atoms with E-state index in [0.717, 1.165) is 0 Å². The van der Waals surface area contributed by atoms with Crippen LogP contribution in [-0.2, 0) is 9.47 Å². The zero-order valence-electron chi connectivity index (χ0n) is 11.5. The van der Waals surface area contributed by atoms with Crippen molar-refractivity contribution in [3.8, 4) is 5.88 Å². The summed E-state index contributed by atoms with van der Waals surface area (Å²) in [7, 11) is 3.19. The predicted molar refractivity (Wildman–Crippen MR) is 70.4 cm³/mol. The Labute approximate surface area is 113 Å². The molecule has 1 unspecified atom stereocenters. The van der Waals surface area contributed by atoms with Gasteiger partial charge in [0.15, 0.2) is 0 Å². The van der Waals surface area contributed by atoms with E-state index in [1.807, 2.05) is 6.92 Å². The quantitative estimate of drug-likeness (QED) is 0.708. The average Bonchev–Trinajstić information content (AvgIpc) is 2.39. The van der Waals surface area contributed by atoms with Crippen LogP contribution in [0.4, 0.5) is 0 Å². The topological polar surface area (TPSA) is 69.7 Å². The fourth-order valence-corrected chi connectivity index (χ4v) is 1.46. The summed E-state index contributed by atoms with van der Waals surface area (Å²) in [6.07, 6.45) is 1.54. The Hall–Kier alpha value is -1.66. The second kappa shape index (κ2) is 8.44. The molecule has 0 aliphatic rings. The SMILES string of the molecule is COCCOc1cc(C(=O)NC(C)COC)ccn1. The maximum absolute atomic E-state index is 11.9. The number of aromatic nitrogens is 1. The number of nitrogens with zero attached hydrogens (tertiary/aromatic N) is 1. The van der Waals surface area contributed by atoms with E-state index in [1.165, 1.54) is 6.20 Å².